The molecule has 0 aliphatic carbocycles. The van der Waals surface area contributed by atoms with Crippen molar-refractivity contribution in [3.8, 4) is 11.1 Å². The number of likely N-dealkylation sites (N-methyl/N-ethyl adjacent to an activating group) is 1. The first-order valence-corrected chi connectivity index (χ1v) is 11.8. The first kappa shape index (κ1) is 22.4. The van der Waals surface area contributed by atoms with Gasteiger partial charge in [0.2, 0.25) is 0 Å². The minimum absolute atomic E-state index is 0.00911. The molecule has 3 heterocycles. The number of hydrogen-bond donors (Lipinski definition) is 2. The number of amides is 2. The van der Waals surface area contributed by atoms with E-state index in [1.165, 1.54) is 0 Å². The molecule has 0 spiro atoms. The summed E-state index contributed by atoms with van der Waals surface area (Å²) in [6.07, 6.45) is 2.76. The molecule has 7 heteroatoms. The highest BCUT2D eigenvalue weighted by Gasteiger charge is 2.31. The number of H-pyrrole nitrogens is 1. The van der Waals surface area contributed by atoms with E-state index in [1.807, 2.05) is 74.4 Å². The average Bonchev–Trinajstić information content (AvgIpc) is 3.52. The molecular formula is C27H27ClN4O2. The molecule has 0 radical (unpaired) electrons. The fourth-order valence-corrected chi connectivity index (χ4v) is 4.95. The summed E-state index contributed by atoms with van der Waals surface area (Å²) in [4.78, 5) is 33.8. The highest BCUT2D eigenvalue weighted by Crippen LogP contribution is 2.41. The second-order valence-corrected chi connectivity index (χ2v) is 9.62. The van der Waals surface area contributed by atoms with Gasteiger partial charge in [-0.25, -0.2) is 0 Å². The molecule has 1 aromatic heterocycles. The minimum atomic E-state index is -0.184. The summed E-state index contributed by atoms with van der Waals surface area (Å²) in [6.45, 7) is 3.36. The number of carbonyl (C=O) groups excluding carboxylic acids is 2. The summed E-state index contributed by atoms with van der Waals surface area (Å²) in [5.74, 6) is -0.193. The summed E-state index contributed by atoms with van der Waals surface area (Å²) >= 11 is 6.08. The number of nitrogens with zero attached hydrogens (tertiary/aromatic N) is 2. The van der Waals surface area contributed by atoms with Gasteiger partial charge in [-0.15, -0.1) is 0 Å². The van der Waals surface area contributed by atoms with Crippen LogP contribution in [0, 0.1) is 6.92 Å². The van der Waals surface area contributed by atoms with E-state index in [0.29, 0.717) is 34.4 Å². The highest BCUT2D eigenvalue weighted by atomic mass is 35.5. The summed E-state index contributed by atoms with van der Waals surface area (Å²) in [5, 5.41) is 3.63. The largest absolute Gasteiger partial charge is 0.358 e. The van der Waals surface area contributed by atoms with Crippen molar-refractivity contribution in [2.75, 3.05) is 32.5 Å². The summed E-state index contributed by atoms with van der Waals surface area (Å²) in [6, 6.07) is 15.6. The summed E-state index contributed by atoms with van der Waals surface area (Å²) < 4.78 is 0. The van der Waals surface area contributed by atoms with Gasteiger partial charge in [0, 0.05) is 41.1 Å². The van der Waals surface area contributed by atoms with Crippen LogP contribution in [-0.2, 0) is 4.79 Å². The Kier molecular flexibility index (Phi) is 5.80. The van der Waals surface area contributed by atoms with Gasteiger partial charge < -0.3 is 20.1 Å². The van der Waals surface area contributed by atoms with E-state index in [1.54, 1.807) is 6.08 Å². The van der Waals surface area contributed by atoms with Crippen molar-refractivity contribution in [3.63, 3.8) is 0 Å². The number of fused-ring (bicyclic) bond motifs is 1. The molecule has 2 aliphatic rings. The lowest BCUT2D eigenvalue weighted by molar-refractivity contribution is -0.110. The molecule has 0 bridgehead atoms. The van der Waals surface area contributed by atoms with Crippen LogP contribution in [0.2, 0.25) is 5.02 Å². The maximum Gasteiger partial charge on any atom is 0.256 e. The molecule has 2 amide bonds. The number of aromatic amines is 1. The van der Waals surface area contributed by atoms with Gasteiger partial charge in [0.15, 0.2) is 0 Å². The first-order valence-electron chi connectivity index (χ1n) is 11.4. The second kappa shape index (κ2) is 8.78. The van der Waals surface area contributed by atoms with Crippen LogP contribution in [0.4, 0.5) is 5.69 Å². The van der Waals surface area contributed by atoms with Crippen LogP contribution in [0.5, 0.6) is 0 Å². The Hall–Kier alpha value is -3.35. The SMILES string of the molecule is Cc1cc(C(=O)N2CC[C@H](N(C)C)C2)c(/C=C2\C(=O)Nc3cccc(-c4ccc(Cl)cc4)c32)[nH]1. The zero-order valence-electron chi connectivity index (χ0n) is 19.5. The van der Waals surface area contributed by atoms with Crippen molar-refractivity contribution < 1.29 is 9.59 Å². The third-order valence-electron chi connectivity index (χ3n) is 6.66. The minimum Gasteiger partial charge on any atom is -0.358 e. The summed E-state index contributed by atoms with van der Waals surface area (Å²) in [7, 11) is 4.09. The first-order chi connectivity index (χ1) is 16.3. The maximum absolute atomic E-state index is 13.4. The molecule has 1 fully saturated rings. The maximum atomic E-state index is 13.4. The number of nitrogens with one attached hydrogen (secondary N) is 2. The fourth-order valence-electron chi connectivity index (χ4n) is 4.82. The van der Waals surface area contributed by atoms with E-state index in [9.17, 15) is 9.59 Å². The molecule has 1 saturated heterocycles. The Labute approximate surface area is 204 Å². The van der Waals surface area contributed by atoms with Crippen molar-refractivity contribution in [3.05, 3.63) is 76.1 Å². The summed E-state index contributed by atoms with van der Waals surface area (Å²) in [5.41, 5.74) is 6.14. The predicted octanol–water partition coefficient (Wildman–Crippen LogP) is 4.91. The van der Waals surface area contributed by atoms with Crippen LogP contribution in [0.15, 0.2) is 48.5 Å². The Bertz CT molecular complexity index is 1310. The molecule has 174 valence electrons. The Morgan fingerprint density at radius 2 is 1.94 bits per heavy atom. The number of aromatic nitrogens is 1. The average molecular weight is 475 g/mol. The molecule has 6 nitrogen and oxygen atoms in total. The van der Waals surface area contributed by atoms with E-state index >= 15 is 0 Å². The van der Waals surface area contributed by atoms with Crippen LogP contribution < -0.4 is 5.32 Å². The number of likely N-dealkylation sites (tertiary alicyclic amines) is 1. The Balaban J connectivity index is 1.55. The molecule has 34 heavy (non-hydrogen) atoms. The molecule has 2 aliphatic heterocycles. The number of rotatable bonds is 4. The van der Waals surface area contributed by atoms with Crippen molar-refractivity contribution >= 4 is 40.8 Å². The molecular weight excluding hydrogens is 448 g/mol. The van der Waals surface area contributed by atoms with Gasteiger partial charge in [0.1, 0.15) is 0 Å². The van der Waals surface area contributed by atoms with Crippen molar-refractivity contribution in [1.82, 2.24) is 14.8 Å². The lowest BCUT2D eigenvalue weighted by atomic mass is 9.94. The van der Waals surface area contributed by atoms with Gasteiger partial charge in [-0.05, 0) is 68.9 Å². The zero-order chi connectivity index (χ0) is 24.0. The zero-order valence-corrected chi connectivity index (χ0v) is 20.2. The Morgan fingerprint density at radius 3 is 2.65 bits per heavy atom. The van der Waals surface area contributed by atoms with E-state index in [4.69, 9.17) is 11.6 Å². The standard InChI is InChI=1S/C27H27ClN4O2/c1-16-13-21(27(34)32-12-11-19(15-32)31(2)3)24(29-16)14-22-25-20(17-7-9-18(28)10-8-17)5-4-6-23(25)30-26(22)33/h4-10,13-14,19,29H,11-12,15H2,1-3H3,(H,30,33)/b22-14-/t19-/m0/s1. The van der Waals surface area contributed by atoms with E-state index in [-0.39, 0.29) is 11.8 Å². The third-order valence-corrected chi connectivity index (χ3v) is 6.92. The normalized spacial score (nSPS) is 18.6. The predicted molar refractivity (Wildman–Crippen MR) is 137 cm³/mol. The number of halogens is 1. The van der Waals surface area contributed by atoms with Gasteiger partial charge >= 0.3 is 0 Å². The molecule has 0 saturated carbocycles. The monoisotopic (exact) mass is 474 g/mol. The van der Waals surface area contributed by atoms with E-state index in [2.05, 4.69) is 15.2 Å². The van der Waals surface area contributed by atoms with Gasteiger partial charge in [-0.2, -0.15) is 0 Å². The molecule has 0 unspecified atom stereocenters. The molecule has 3 aromatic rings. The van der Waals surface area contributed by atoms with Gasteiger partial charge in [0.05, 0.1) is 16.8 Å². The smallest absolute Gasteiger partial charge is 0.256 e. The van der Waals surface area contributed by atoms with Gasteiger partial charge in [-0.3, -0.25) is 9.59 Å². The van der Waals surface area contributed by atoms with Crippen LogP contribution in [0.3, 0.4) is 0 Å². The molecule has 1 atom stereocenters. The number of carbonyl (C=O) groups is 2. The molecule has 2 N–H and O–H groups in total. The highest BCUT2D eigenvalue weighted by molar-refractivity contribution is 6.36. The molecule has 2 aromatic carbocycles. The van der Waals surface area contributed by atoms with Gasteiger partial charge in [0.25, 0.3) is 11.8 Å². The number of hydrogen-bond acceptors (Lipinski definition) is 3. The molecule has 5 rings (SSSR count). The quantitative estimate of drug-likeness (QED) is 0.528. The van der Waals surface area contributed by atoms with Crippen LogP contribution >= 0.6 is 11.6 Å². The van der Waals surface area contributed by atoms with E-state index in [0.717, 1.165) is 41.0 Å². The van der Waals surface area contributed by atoms with Crippen molar-refractivity contribution in [2.45, 2.75) is 19.4 Å². The number of anilines is 1. The van der Waals surface area contributed by atoms with Crippen molar-refractivity contribution in [1.29, 1.82) is 0 Å². The number of benzene rings is 2. The lowest BCUT2D eigenvalue weighted by Crippen LogP contribution is -2.34. The van der Waals surface area contributed by atoms with E-state index < -0.39 is 0 Å². The van der Waals surface area contributed by atoms with Crippen LogP contribution in [-0.4, -0.2) is 59.8 Å². The van der Waals surface area contributed by atoms with Crippen molar-refractivity contribution in [2.24, 2.45) is 0 Å². The Morgan fingerprint density at radius 1 is 1.18 bits per heavy atom. The number of aryl methyl sites for hydroxylation is 1. The van der Waals surface area contributed by atoms with Crippen LogP contribution in [0.25, 0.3) is 22.8 Å². The fraction of sp³-hybridized carbons (Fsp3) is 0.259. The third kappa shape index (κ3) is 4.04. The topological polar surface area (TPSA) is 68.4 Å². The van der Waals surface area contributed by atoms with Gasteiger partial charge in [-0.1, -0.05) is 35.9 Å². The van der Waals surface area contributed by atoms with Crippen LogP contribution in [0.1, 0.15) is 33.7 Å². The second-order valence-electron chi connectivity index (χ2n) is 9.18. The lowest BCUT2D eigenvalue weighted by Gasteiger charge is -2.20.